The van der Waals surface area contributed by atoms with Crippen molar-refractivity contribution in [2.24, 2.45) is 0 Å². The Morgan fingerprint density at radius 1 is 1.06 bits per heavy atom. The van der Waals surface area contributed by atoms with Crippen LogP contribution in [0.25, 0.3) is 0 Å². The van der Waals surface area contributed by atoms with E-state index in [1.807, 2.05) is 30.2 Å². The van der Waals surface area contributed by atoms with Crippen LogP contribution in [0.1, 0.15) is 75.6 Å². The summed E-state index contributed by atoms with van der Waals surface area (Å²) in [5, 5.41) is 0. The zero-order valence-corrected chi connectivity index (χ0v) is 19.7. The van der Waals surface area contributed by atoms with Gasteiger partial charge in [-0.3, -0.25) is 19.3 Å². The highest BCUT2D eigenvalue weighted by molar-refractivity contribution is 6.11. The average Bonchev–Trinajstić information content (AvgIpc) is 3.41. The van der Waals surface area contributed by atoms with Gasteiger partial charge in [0.2, 0.25) is 17.7 Å². The summed E-state index contributed by atoms with van der Waals surface area (Å²) in [7, 11) is 0. The lowest BCUT2D eigenvalue weighted by Crippen LogP contribution is -2.49. The molecule has 3 amide bonds. The van der Waals surface area contributed by atoms with Gasteiger partial charge in [-0.05, 0) is 37.5 Å². The number of fused-ring (bicyclic) bond motifs is 1. The van der Waals surface area contributed by atoms with E-state index in [1.165, 1.54) is 11.0 Å². The SMILES string of the molecule is CC[C@@H]1c2cccn2CCN1C(=O)C[C@@]1(c2ccccc2F)CC(=O)N(C2CCCCC2)C1=O. The minimum atomic E-state index is -1.49. The minimum absolute atomic E-state index is 0.101. The lowest BCUT2D eigenvalue weighted by atomic mass is 9.75. The second kappa shape index (κ2) is 9.01. The van der Waals surface area contributed by atoms with Crippen LogP contribution >= 0.6 is 0 Å². The quantitative estimate of drug-likeness (QED) is 0.617. The Hall–Kier alpha value is -2.96. The van der Waals surface area contributed by atoms with Crippen molar-refractivity contribution in [1.29, 1.82) is 0 Å². The number of carbonyl (C=O) groups excluding carboxylic acids is 3. The molecule has 0 spiro atoms. The highest BCUT2D eigenvalue weighted by Gasteiger charge is 2.57. The largest absolute Gasteiger partial charge is 0.348 e. The first kappa shape index (κ1) is 22.8. The van der Waals surface area contributed by atoms with Gasteiger partial charge in [0, 0.05) is 49.4 Å². The molecule has 2 atom stereocenters. The van der Waals surface area contributed by atoms with Gasteiger partial charge >= 0.3 is 0 Å². The highest BCUT2D eigenvalue weighted by atomic mass is 19.1. The van der Waals surface area contributed by atoms with Crippen LogP contribution in [0.3, 0.4) is 0 Å². The molecule has 0 bridgehead atoms. The number of nitrogens with zero attached hydrogens (tertiary/aromatic N) is 3. The van der Waals surface area contributed by atoms with Gasteiger partial charge in [0.05, 0.1) is 11.5 Å². The number of hydrogen-bond acceptors (Lipinski definition) is 3. The molecule has 0 unspecified atom stereocenters. The second-order valence-corrected chi connectivity index (χ2v) is 9.91. The number of rotatable bonds is 5. The first-order valence-electron chi connectivity index (χ1n) is 12.5. The molecule has 1 saturated carbocycles. The molecular weight excluding hydrogens is 433 g/mol. The van der Waals surface area contributed by atoms with E-state index in [0.29, 0.717) is 13.1 Å². The standard InChI is InChI=1S/C27H32FN3O3/c1-2-22-23-13-8-14-29(23)15-16-30(22)24(32)17-27(20-11-6-7-12-21(20)28)18-25(33)31(26(27)34)19-9-4-3-5-10-19/h6-8,11-14,19,22H,2-5,9-10,15-18H2,1H3/t22-,27+/m1/s1. The van der Waals surface area contributed by atoms with Crippen molar-refractivity contribution in [3.05, 3.63) is 59.7 Å². The normalized spacial score (nSPS) is 25.6. The summed E-state index contributed by atoms with van der Waals surface area (Å²) in [4.78, 5) is 44.2. The first-order valence-corrected chi connectivity index (χ1v) is 12.5. The van der Waals surface area contributed by atoms with Crippen molar-refractivity contribution < 1.29 is 18.8 Å². The van der Waals surface area contributed by atoms with Gasteiger partial charge in [0.25, 0.3) is 0 Å². The highest BCUT2D eigenvalue weighted by Crippen LogP contribution is 2.44. The van der Waals surface area contributed by atoms with Crippen molar-refractivity contribution in [2.75, 3.05) is 6.54 Å². The Morgan fingerprint density at radius 3 is 2.56 bits per heavy atom. The number of amides is 3. The summed E-state index contributed by atoms with van der Waals surface area (Å²) in [5.74, 6) is -1.43. The Balaban J connectivity index is 1.50. The second-order valence-electron chi connectivity index (χ2n) is 9.91. The summed E-state index contributed by atoms with van der Waals surface area (Å²) in [5.41, 5.74) is -0.262. The van der Waals surface area contributed by atoms with E-state index in [2.05, 4.69) is 4.57 Å². The van der Waals surface area contributed by atoms with E-state index in [-0.39, 0.29) is 42.3 Å². The van der Waals surface area contributed by atoms with Crippen LogP contribution in [0, 0.1) is 5.82 Å². The summed E-state index contributed by atoms with van der Waals surface area (Å²) in [6.07, 6.45) is 7.00. The summed E-state index contributed by atoms with van der Waals surface area (Å²) < 4.78 is 17.3. The van der Waals surface area contributed by atoms with E-state index in [9.17, 15) is 14.4 Å². The number of imide groups is 1. The molecule has 6 nitrogen and oxygen atoms in total. The molecule has 2 aromatic rings. The Morgan fingerprint density at radius 2 is 1.82 bits per heavy atom. The summed E-state index contributed by atoms with van der Waals surface area (Å²) in [6.45, 7) is 3.24. The van der Waals surface area contributed by atoms with Crippen LogP contribution < -0.4 is 0 Å². The zero-order chi connectivity index (χ0) is 23.9. The fourth-order valence-electron chi connectivity index (χ4n) is 6.32. The van der Waals surface area contributed by atoms with E-state index in [1.54, 1.807) is 18.2 Å². The molecule has 1 aromatic carbocycles. The van der Waals surface area contributed by atoms with Gasteiger partial charge in [-0.1, -0.05) is 44.4 Å². The number of carbonyl (C=O) groups is 3. The Kier molecular flexibility index (Phi) is 6.04. The summed E-state index contributed by atoms with van der Waals surface area (Å²) >= 11 is 0. The van der Waals surface area contributed by atoms with Gasteiger partial charge < -0.3 is 9.47 Å². The topological polar surface area (TPSA) is 62.6 Å². The van der Waals surface area contributed by atoms with Gasteiger partial charge in [-0.15, -0.1) is 0 Å². The number of likely N-dealkylation sites (tertiary alicyclic amines) is 1. The molecule has 34 heavy (non-hydrogen) atoms. The molecule has 0 radical (unpaired) electrons. The number of halogens is 1. The van der Waals surface area contributed by atoms with Gasteiger partial charge in [0.15, 0.2) is 0 Å². The third-order valence-corrected chi connectivity index (χ3v) is 8.00. The van der Waals surface area contributed by atoms with Gasteiger partial charge in [-0.25, -0.2) is 4.39 Å². The zero-order valence-electron chi connectivity index (χ0n) is 19.7. The van der Waals surface area contributed by atoms with Crippen LogP contribution in [0.2, 0.25) is 0 Å². The Bertz CT molecular complexity index is 1110. The smallest absolute Gasteiger partial charge is 0.241 e. The van der Waals surface area contributed by atoms with Crippen LogP contribution in [0.15, 0.2) is 42.6 Å². The third kappa shape index (κ3) is 3.65. The summed E-state index contributed by atoms with van der Waals surface area (Å²) in [6, 6.07) is 9.87. The molecule has 3 heterocycles. The van der Waals surface area contributed by atoms with Crippen LogP contribution in [0.4, 0.5) is 4.39 Å². The molecule has 3 aliphatic rings. The minimum Gasteiger partial charge on any atom is -0.348 e. The van der Waals surface area contributed by atoms with Crippen LogP contribution in [-0.2, 0) is 26.3 Å². The predicted molar refractivity (Wildman–Crippen MR) is 125 cm³/mol. The molecule has 2 aliphatic heterocycles. The molecule has 7 heteroatoms. The van der Waals surface area contributed by atoms with Crippen molar-refractivity contribution in [3.63, 3.8) is 0 Å². The molecule has 1 aromatic heterocycles. The van der Waals surface area contributed by atoms with Gasteiger partial charge in [0.1, 0.15) is 5.82 Å². The van der Waals surface area contributed by atoms with E-state index in [4.69, 9.17) is 0 Å². The van der Waals surface area contributed by atoms with Crippen LogP contribution in [0.5, 0.6) is 0 Å². The third-order valence-electron chi connectivity index (χ3n) is 8.00. The molecule has 180 valence electrons. The lowest BCUT2D eigenvalue weighted by molar-refractivity contribution is -0.146. The predicted octanol–water partition coefficient (Wildman–Crippen LogP) is 4.34. The molecule has 2 fully saturated rings. The molecule has 0 N–H and O–H groups in total. The molecule has 1 saturated heterocycles. The number of benzene rings is 1. The van der Waals surface area contributed by atoms with Crippen molar-refractivity contribution in [1.82, 2.24) is 14.4 Å². The number of aromatic nitrogens is 1. The molecule has 1 aliphatic carbocycles. The average molecular weight is 466 g/mol. The molecule has 5 rings (SSSR count). The number of hydrogen-bond donors (Lipinski definition) is 0. The van der Waals surface area contributed by atoms with E-state index in [0.717, 1.165) is 44.2 Å². The van der Waals surface area contributed by atoms with Crippen LogP contribution in [-0.4, -0.2) is 44.7 Å². The van der Waals surface area contributed by atoms with Gasteiger partial charge in [-0.2, -0.15) is 0 Å². The van der Waals surface area contributed by atoms with Crippen molar-refractivity contribution in [2.45, 2.75) is 82.3 Å². The molecular formula is C27H32FN3O3. The van der Waals surface area contributed by atoms with Crippen molar-refractivity contribution >= 4 is 17.7 Å². The van der Waals surface area contributed by atoms with E-state index >= 15 is 4.39 Å². The Labute approximate surface area is 199 Å². The lowest BCUT2D eigenvalue weighted by Gasteiger charge is -2.39. The first-order chi connectivity index (χ1) is 16.5. The van der Waals surface area contributed by atoms with E-state index < -0.39 is 17.1 Å². The maximum atomic E-state index is 15.1. The fraction of sp³-hybridized carbons (Fsp3) is 0.519. The fourth-order valence-corrected chi connectivity index (χ4v) is 6.32. The van der Waals surface area contributed by atoms with Crippen molar-refractivity contribution in [3.8, 4) is 0 Å². The monoisotopic (exact) mass is 465 g/mol. The maximum Gasteiger partial charge on any atom is 0.241 e. The maximum absolute atomic E-state index is 15.1.